The molecule has 3 heteroatoms. The zero-order valence-electron chi connectivity index (χ0n) is 11.8. The molecule has 3 nitrogen and oxygen atoms in total. The number of nitrogens with one attached hydrogen (secondary N) is 2. The van der Waals surface area contributed by atoms with E-state index >= 15 is 0 Å². The number of hydrogen-bond donors (Lipinski definition) is 2. The molecule has 1 aromatic carbocycles. The van der Waals surface area contributed by atoms with Crippen molar-refractivity contribution in [1.29, 1.82) is 0 Å². The van der Waals surface area contributed by atoms with E-state index in [9.17, 15) is 4.79 Å². The van der Waals surface area contributed by atoms with E-state index in [4.69, 9.17) is 0 Å². The maximum absolute atomic E-state index is 12.1. The summed E-state index contributed by atoms with van der Waals surface area (Å²) in [5.41, 5.74) is 4.35. The molecule has 0 spiro atoms. The van der Waals surface area contributed by atoms with E-state index in [2.05, 4.69) is 29.5 Å². The fourth-order valence-corrected chi connectivity index (χ4v) is 2.16. The molecule has 20 heavy (non-hydrogen) atoms. The normalized spacial score (nSPS) is 10.9. The van der Waals surface area contributed by atoms with Crippen molar-refractivity contribution in [2.24, 2.45) is 0 Å². The van der Waals surface area contributed by atoms with Gasteiger partial charge < -0.3 is 10.3 Å². The zero-order valence-corrected chi connectivity index (χ0v) is 11.8. The molecule has 2 aromatic rings. The van der Waals surface area contributed by atoms with E-state index in [1.54, 1.807) is 18.2 Å². The predicted molar refractivity (Wildman–Crippen MR) is 83.7 cm³/mol. The number of carbonyl (C=O) groups is 1. The first-order valence-corrected chi connectivity index (χ1v) is 6.40. The van der Waals surface area contributed by atoms with Gasteiger partial charge in [-0.05, 0) is 43.2 Å². The smallest absolute Gasteiger partial charge is 0.272 e. The average Bonchev–Trinajstić information content (AvgIpc) is 2.80. The van der Waals surface area contributed by atoms with Crippen LogP contribution in [0.3, 0.4) is 0 Å². The average molecular weight is 266 g/mol. The second kappa shape index (κ2) is 5.61. The highest BCUT2D eigenvalue weighted by atomic mass is 16.1. The number of aryl methyl sites for hydroxylation is 2. The van der Waals surface area contributed by atoms with Crippen molar-refractivity contribution < 1.29 is 4.79 Å². The van der Waals surface area contributed by atoms with Gasteiger partial charge in [-0.25, -0.2) is 0 Å². The van der Waals surface area contributed by atoms with Crippen LogP contribution in [-0.4, -0.2) is 10.9 Å². The first-order valence-electron chi connectivity index (χ1n) is 6.40. The molecule has 1 aromatic heterocycles. The Labute approximate surface area is 118 Å². The summed E-state index contributed by atoms with van der Waals surface area (Å²) in [4.78, 5) is 15.3. The molecule has 2 rings (SSSR count). The Morgan fingerprint density at radius 3 is 2.75 bits per heavy atom. The molecular weight excluding hydrogens is 248 g/mol. The first kappa shape index (κ1) is 13.9. The Balaban J connectivity index is 2.27. The van der Waals surface area contributed by atoms with Crippen molar-refractivity contribution in [3.63, 3.8) is 0 Å². The van der Waals surface area contributed by atoms with Gasteiger partial charge in [0.15, 0.2) is 0 Å². The number of rotatable bonds is 4. The maximum Gasteiger partial charge on any atom is 0.272 e. The van der Waals surface area contributed by atoms with Gasteiger partial charge in [-0.1, -0.05) is 31.4 Å². The lowest BCUT2D eigenvalue weighted by molar-refractivity contribution is 0.0963. The van der Waals surface area contributed by atoms with E-state index in [-0.39, 0.29) is 5.91 Å². The molecule has 0 radical (unpaired) electrons. The van der Waals surface area contributed by atoms with Gasteiger partial charge in [0.05, 0.1) is 0 Å². The Kier molecular flexibility index (Phi) is 3.89. The topological polar surface area (TPSA) is 44.9 Å². The molecule has 0 aliphatic heterocycles. The highest BCUT2D eigenvalue weighted by Crippen LogP contribution is 2.21. The van der Waals surface area contributed by atoms with Crippen LogP contribution in [0.2, 0.25) is 0 Å². The van der Waals surface area contributed by atoms with Gasteiger partial charge >= 0.3 is 0 Å². The molecule has 0 saturated heterocycles. The Morgan fingerprint density at radius 2 is 2.05 bits per heavy atom. The summed E-state index contributed by atoms with van der Waals surface area (Å²) < 4.78 is 0. The fourth-order valence-electron chi connectivity index (χ4n) is 2.16. The van der Waals surface area contributed by atoms with Crippen molar-refractivity contribution in [2.75, 3.05) is 0 Å². The summed E-state index contributed by atoms with van der Waals surface area (Å²) in [6.07, 6.45) is 5.05. The van der Waals surface area contributed by atoms with E-state index in [1.807, 2.05) is 26.0 Å². The summed E-state index contributed by atoms with van der Waals surface area (Å²) in [5, 5.41) is 3.79. The molecule has 0 unspecified atom stereocenters. The molecule has 1 heterocycles. The van der Waals surface area contributed by atoms with Crippen molar-refractivity contribution in [3.8, 4) is 0 Å². The van der Waals surface area contributed by atoms with Gasteiger partial charge in [-0.2, -0.15) is 0 Å². The summed E-state index contributed by atoms with van der Waals surface area (Å²) >= 11 is 0. The lowest BCUT2D eigenvalue weighted by Crippen LogP contribution is -2.21. The highest BCUT2D eigenvalue weighted by molar-refractivity contribution is 5.99. The van der Waals surface area contributed by atoms with Crippen LogP contribution < -0.4 is 5.32 Å². The molecular formula is C17H18N2O. The number of benzene rings is 1. The lowest BCUT2D eigenvalue weighted by atomic mass is 10.1. The maximum atomic E-state index is 12.1. The molecule has 0 aliphatic rings. The number of fused-ring (bicyclic) bond motifs is 1. The van der Waals surface area contributed by atoms with Crippen LogP contribution >= 0.6 is 0 Å². The third-order valence-corrected chi connectivity index (χ3v) is 3.04. The third kappa shape index (κ3) is 2.88. The number of carbonyl (C=O) groups excluding carboxylic acids is 1. The summed E-state index contributed by atoms with van der Waals surface area (Å²) in [6, 6.07) is 6.00. The predicted octanol–water partition coefficient (Wildman–Crippen LogP) is 3.77. The summed E-state index contributed by atoms with van der Waals surface area (Å²) in [6.45, 7) is 11.4. The number of aromatic amines is 1. The Bertz CT molecular complexity index is 720. The second-order valence-electron chi connectivity index (χ2n) is 4.80. The summed E-state index contributed by atoms with van der Waals surface area (Å²) in [7, 11) is 0. The fraction of sp³-hybridized carbons (Fsp3) is 0.118. The minimum Gasteiger partial charge on any atom is -0.351 e. The molecule has 2 N–H and O–H groups in total. The van der Waals surface area contributed by atoms with Gasteiger partial charge in [-0.15, -0.1) is 0 Å². The largest absolute Gasteiger partial charge is 0.351 e. The van der Waals surface area contributed by atoms with Crippen LogP contribution in [0.1, 0.15) is 21.6 Å². The third-order valence-electron chi connectivity index (χ3n) is 3.04. The first-order chi connectivity index (χ1) is 9.51. The quantitative estimate of drug-likeness (QED) is 0.813. The van der Waals surface area contributed by atoms with E-state index in [0.29, 0.717) is 11.4 Å². The van der Waals surface area contributed by atoms with Crippen LogP contribution in [-0.2, 0) is 0 Å². The van der Waals surface area contributed by atoms with Gasteiger partial charge in [0.1, 0.15) is 5.69 Å². The number of hydrogen-bond acceptors (Lipinski definition) is 1. The van der Waals surface area contributed by atoms with Gasteiger partial charge in [0, 0.05) is 16.6 Å². The number of amides is 1. The monoisotopic (exact) mass is 266 g/mol. The molecule has 1 amide bonds. The van der Waals surface area contributed by atoms with Crippen LogP contribution in [0, 0.1) is 13.8 Å². The molecule has 102 valence electrons. The SMILES string of the molecule is C=C/C=C\C(=C)NC(=O)c1cc2c(C)cc(C)cc2[nH]1. The Morgan fingerprint density at radius 1 is 1.30 bits per heavy atom. The minimum absolute atomic E-state index is 0.197. The highest BCUT2D eigenvalue weighted by Gasteiger charge is 2.11. The molecule has 0 aliphatic carbocycles. The van der Waals surface area contributed by atoms with E-state index < -0.39 is 0 Å². The molecule has 0 bridgehead atoms. The summed E-state index contributed by atoms with van der Waals surface area (Å²) in [5.74, 6) is -0.197. The number of H-pyrrole nitrogens is 1. The van der Waals surface area contributed by atoms with E-state index in [0.717, 1.165) is 16.5 Å². The lowest BCUT2D eigenvalue weighted by Gasteiger charge is -2.01. The Hall–Kier alpha value is -2.55. The van der Waals surface area contributed by atoms with Gasteiger partial charge in [0.25, 0.3) is 5.91 Å². The van der Waals surface area contributed by atoms with Crippen molar-refractivity contribution in [1.82, 2.24) is 10.3 Å². The zero-order chi connectivity index (χ0) is 14.7. The van der Waals surface area contributed by atoms with Crippen LogP contribution in [0.15, 0.2) is 55.3 Å². The van der Waals surface area contributed by atoms with Crippen LogP contribution in [0.4, 0.5) is 0 Å². The molecule has 0 fully saturated rings. The number of allylic oxidation sites excluding steroid dienone is 3. The van der Waals surface area contributed by atoms with E-state index in [1.165, 1.54) is 5.56 Å². The standard InChI is InChI=1S/C17H18N2O/c1-5-6-7-13(4)18-17(20)16-10-14-12(3)8-11(2)9-15(14)19-16/h5-10,19H,1,4H2,2-3H3,(H,18,20)/b7-6-. The molecule has 0 atom stereocenters. The van der Waals surface area contributed by atoms with Gasteiger partial charge in [-0.3, -0.25) is 4.79 Å². The van der Waals surface area contributed by atoms with Crippen molar-refractivity contribution in [3.05, 3.63) is 72.1 Å². The molecule has 0 saturated carbocycles. The number of aromatic nitrogens is 1. The van der Waals surface area contributed by atoms with Crippen molar-refractivity contribution in [2.45, 2.75) is 13.8 Å². The minimum atomic E-state index is -0.197. The van der Waals surface area contributed by atoms with Crippen LogP contribution in [0.5, 0.6) is 0 Å². The van der Waals surface area contributed by atoms with Crippen molar-refractivity contribution >= 4 is 16.8 Å². The van der Waals surface area contributed by atoms with Gasteiger partial charge in [0.2, 0.25) is 0 Å². The second-order valence-corrected chi connectivity index (χ2v) is 4.80. The van der Waals surface area contributed by atoms with Crippen LogP contribution in [0.25, 0.3) is 10.9 Å².